The second-order valence-corrected chi connectivity index (χ2v) is 6.23. The van der Waals surface area contributed by atoms with Crippen molar-refractivity contribution in [3.05, 3.63) is 54.4 Å². The van der Waals surface area contributed by atoms with Gasteiger partial charge in [0, 0.05) is 6.07 Å². The van der Waals surface area contributed by atoms with Gasteiger partial charge in [0.1, 0.15) is 0 Å². The normalized spacial score (nSPS) is 11.9. The molecule has 0 fully saturated rings. The summed E-state index contributed by atoms with van der Waals surface area (Å²) in [5.74, 6) is -0.0998. The summed E-state index contributed by atoms with van der Waals surface area (Å²) in [5, 5.41) is 0. The van der Waals surface area contributed by atoms with Crippen molar-refractivity contribution in [3.8, 4) is 11.1 Å². The summed E-state index contributed by atoms with van der Waals surface area (Å²) in [7, 11) is -4.14. The van der Waals surface area contributed by atoms with Crippen molar-refractivity contribution >= 4 is 21.2 Å². The van der Waals surface area contributed by atoms with Crippen LogP contribution in [-0.4, -0.2) is 13.0 Å². The smallest absolute Gasteiger partial charge is 0.345 e. The Morgan fingerprint density at radius 1 is 1.10 bits per heavy atom. The molecule has 0 bridgehead atoms. The van der Waals surface area contributed by atoms with Crippen LogP contribution in [0.25, 0.3) is 22.2 Å². The fraction of sp³-hybridized carbons (Fsp3) is 0.133. The summed E-state index contributed by atoms with van der Waals surface area (Å²) in [6.45, 7) is 1.66. The highest BCUT2D eigenvalue weighted by atomic mass is 32.2. The average molecular weight is 304 g/mol. The van der Waals surface area contributed by atoms with Gasteiger partial charge in [0.2, 0.25) is 5.58 Å². The Bertz CT molecular complexity index is 898. The van der Waals surface area contributed by atoms with E-state index < -0.39 is 16.0 Å². The largest absolute Gasteiger partial charge is 0.402 e. The number of aryl methyl sites for hydroxylation is 1. The van der Waals surface area contributed by atoms with Crippen molar-refractivity contribution < 1.29 is 22.0 Å². The first-order chi connectivity index (χ1) is 9.94. The Hall–Kier alpha value is -2.18. The van der Waals surface area contributed by atoms with Crippen LogP contribution in [0, 0.1) is 6.92 Å². The summed E-state index contributed by atoms with van der Waals surface area (Å²) in [6.07, 6.45) is 0. The molecule has 0 aliphatic carbocycles. The average Bonchev–Trinajstić information content (AvgIpc) is 2.74. The van der Waals surface area contributed by atoms with E-state index in [2.05, 4.69) is 0 Å². The molecule has 0 saturated carbocycles. The lowest BCUT2D eigenvalue weighted by Crippen LogP contribution is -2.39. The van der Waals surface area contributed by atoms with E-state index in [0.29, 0.717) is 17.0 Å². The summed E-state index contributed by atoms with van der Waals surface area (Å²) in [4.78, 5) is 0. The number of hydrogen-bond donors (Lipinski definition) is 1. The van der Waals surface area contributed by atoms with Gasteiger partial charge in [-0.2, -0.15) is 8.42 Å². The van der Waals surface area contributed by atoms with Crippen LogP contribution in [0.1, 0.15) is 5.89 Å². The van der Waals surface area contributed by atoms with E-state index in [0.717, 1.165) is 11.1 Å². The topological polar surface area (TPSA) is 71.4 Å². The van der Waals surface area contributed by atoms with Crippen molar-refractivity contribution in [1.29, 1.82) is 0 Å². The van der Waals surface area contributed by atoms with E-state index >= 15 is 0 Å². The van der Waals surface area contributed by atoms with E-state index in [-0.39, 0.29) is 0 Å². The van der Waals surface area contributed by atoms with Crippen molar-refractivity contribution in [3.63, 3.8) is 0 Å². The molecule has 5 nitrogen and oxygen atoms in total. The molecule has 108 valence electrons. The Kier molecular flexibility index (Phi) is 3.27. The van der Waals surface area contributed by atoms with Gasteiger partial charge in [0.15, 0.2) is 0 Å². The Balaban J connectivity index is 2.18. The molecule has 0 unspecified atom stereocenters. The highest BCUT2D eigenvalue weighted by Crippen LogP contribution is 2.23. The van der Waals surface area contributed by atoms with Gasteiger partial charge in [-0.15, -0.1) is 4.57 Å². The van der Waals surface area contributed by atoms with Gasteiger partial charge in [0.05, 0.1) is 6.92 Å². The summed E-state index contributed by atoms with van der Waals surface area (Å²) in [6, 6.07) is 15.3. The van der Waals surface area contributed by atoms with E-state index in [1.165, 1.54) is 4.57 Å². The molecule has 0 saturated heterocycles. The highest BCUT2D eigenvalue weighted by molar-refractivity contribution is 7.84. The van der Waals surface area contributed by atoms with Gasteiger partial charge in [-0.1, -0.05) is 36.4 Å². The van der Waals surface area contributed by atoms with Gasteiger partial charge in [-0.25, -0.2) is 0 Å². The van der Waals surface area contributed by atoms with Crippen LogP contribution in [0.5, 0.6) is 0 Å². The minimum absolute atomic E-state index is 0.424. The van der Waals surface area contributed by atoms with Gasteiger partial charge in [0.25, 0.3) is 11.4 Å². The highest BCUT2D eigenvalue weighted by Gasteiger charge is 2.24. The van der Waals surface area contributed by atoms with Crippen LogP contribution in [0.15, 0.2) is 52.9 Å². The Morgan fingerprint density at radius 2 is 1.81 bits per heavy atom. The fourth-order valence-electron chi connectivity index (χ4n) is 2.33. The van der Waals surface area contributed by atoms with Crippen LogP contribution in [0.2, 0.25) is 0 Å². The van der Waals surface area contributed by atoms with Crippen molar-refractivity contribution in [1.82, 2.24) is 0 Å². The molecule has 0 aliphatic heterocycles. The van der Waals surface area contributed by atoms with Crippen molar-refractivity contribution in [2.24, 2.45) is 0 Å². The lowest BCUT2D eigenvalue weighted by Gasteiger charge is -1.99. The molecule has 0 spiro atoms. The van der Waals surface area contributed by atoms with Crippen LogP contribution < -0.4 is 4.57 Å². The SMILES string of the molecule is Cc1oc2ccc(-c3ccccc3)cc2[n+]1CS(=O)(=O)O. The van der Waals surface area contributed by atoms with Crippen LogP contribution in [-0.2, 0) is 16.0 Å². The second-order valence-electron chi connectivity index (χ2n) is 4.81. The molecule has 0 amide bonds. The number of oxazole rings is 1. The second kappa shape index (κ2) is 4.98. The molecule has 3 rings (SSSR count). The lowest BCUT2D eigenvalue weighted by atomic mass is 10.1. The van der Waals surface area contributed by atoms with E-state index in [1.807, 2.05) is 42.5 Å². The zero-order chi connectivity index (χ0) is 15.0. The monoisotopic (exact) mass is 304 g/mol. The van der Waals surface area contributed by atoms with Gasteiger partial charge >= 0.3 is 16.0 Å². The molecule has 1 heterocycles. The molecular formula is C15H14NO4S+. The first kappa shape index (κ1) is 13.8. The fourth-order valence-corrected chi connectivity index (χ4v) is 2.98. The summed E-state index contributed by atoms with van der Waals surface area (Å²) in [5.41, 5.74) is 3.19. The number of fused-ring (bicyclic) bond motifs is 1. The third-order valence-corrected chi connectivity index (χ3v) is 3.87. The molecule has 21 heavy (non-hydrogen) atoms. The molecule has 6 heteroatoms. The Labute approximate surface area is 122 Å². The zero-order valence-electron chi connectivity index (χ0n) is 11.4. The Morgan fingerprint density at radius 3 is 2.48 bits per heavy atom. The first-order valence-electron chi connectivity index (χ1n) is 6.37. The number of benzene rings is 2. The number of rotatable bonds is 3. The molecule has 1 aromatic heterocycles. The third kappa shape index (κ3) is 2.81. The summed E-state index contributed by atoms with van der Waals surface area (Å²) >= 11 is 0. The molecule has 3 aromatic rings. The summed E-state index contributed by atoms with van der Waals surface area (Å²) < 4.78 is 38.3. The lowest BCUT2D eigenvalue weighted by molar-refractivity contribution is -0.663. The maximum atomic E-state index is 11.1. The van der Waals surface area contributed by atoms with Crippen molar-refractivity contribution in [2.75, 3.05) is 0 Å². The number of aromatic nitrogens is 1. The van der Waals surface area contributed by atoms with Crippen LogP contribution in [0.4, 0.5) is 0 Å². The molecule has 0 aliphatic rings. The minimum Gasteiger partial charge on any atom is -0.402 e. The van der Waals surface area contributed by atoms with Crippen molar-refractivity contribution in [2.45, 2.75) is 12.8 Å². The maximum absolute atomic E-state index is 11.1. The quantitative estimate of drug-likeness (QED) is 0.596. The van der Waals surface area contributed by atoms with E-state index in [4.69, 9.17) is 8.97 Å². The van der Waals surface area contributed by atoms with E-state index in [9.17, 15) is 8.42 Å². The first-order valence-corrected chi connectivity index (χ1v) is 7.98. The molecule has 2 aromatic carbocycles. The molecule has 1 N–H and O–H groups in total. The third-order valence-electron chi connectivity index (χ3n) is 3.29. The predicted molar refractivity (Wildman–Crippen MR) is 78.1 cm³/mol. The number of nitrogens with zero attached hydrogens (tertiary/aromatic N) is 1. The van der Waals surface area contributed by atoms with E-state index in [1.54, 1.807) is 13.0 Å². The van der Waals surface area contributed by atoms with Crippen LogP contribution in [0.3, 0.4) is 0 Å². The standard InChI is InChI=1S/C15H13NO4S/c1-11-16(10-21(17,18)19)14-9-13(7-8-15(14)20-11)12-5-3-2-4-6-12/h2-9H,10H2,1H3/p+1. The van der Waals surface area contributed by atoms with Gasteiger partial charge in [-0.3, -0.25) is 4.55 Å². The minimum atomic E-state index is -4.14. The van der Waals surface area contributed by atoms with Gasteiger partial charge in [-0.05, 0) is 17.2 Å². The number of hydrogen-bond acceptors (Lipinski definition) is 3. The van der Waals surface area contributed by atoms with Crippen LogP contribution >= 0.6 is 0 Å². The maximum Gasteiger partial charge on any atom is 0.345 e. The molecule has 0 radical (unpaired) electrons. The predicted octanol–water partition coefficient (Wildman–Crippen LogP) is 2.54. The molecular weight excluding hydrogens is 290 g/mol. The van der Waals surface area contributed by atoms with Gasteiger partial charge < -0.3 is 4.42 Å². The molecule has 0 atom stereocenters. The zero-order valence-corrected chi connectivity index (χ0v) is 12.2.